The number of hydrogen-bond acceptors (Lipinski definition) is 5. The average Bonchev–Trinajstić information content (AvgIpc) is 3.17. The molecule has 1 heterocycles. The fraction of sp³-hybridized carbons (Fsp3) is 0.316. The zero-order chi connectivity index (χ0) is 21.2. The van der Waals surface area contributed by atoms with Gasteiger partial charge in [-0.3, -0.25) is 4.79 Å². The quantitative estimate of drug-likeness (QED) is 0.665. The van der Waals surface area contributed by atoms with Gasteiger partial charge in [-0.1, -0.05) is 0 Å². The standard InChI is InChI=1S/C19H18F3NO5S.H2S/c1-27-17-3-2-13(29(25,26)10-11-4-5-28-9-11)8-14(17)19(24)23-12-6-15(20)18(22)16(21)7-12;/h2-3,6-8,11H,4-5,9-10H2,1H3,(H,23,24);1H2/t11-;/m0./s1. The van der Waals surface area contributed by atoms with E-state index in [1.54, 1.807) is 0 Å². The van der Waals surface area contributed by atoms with E-state index in [9.17, 15) is 26.4 Å². The van der Waals surface area contributed by atoms with Gasteiger partial charge in [-0.15, -0.1) is 0 Å². The predicted octanol–water partition coefficient (Wildman–Crippen LogP) is 3.29. The first-order valence-electron chi connectivity index (χ1n) is 8.65. The third-order valence-electron chi connectivity index (χ3n) is 4.50. The summed E-state index contributed by atoms with van der Waals surface area (Å²) >= 11 is 0. The second-order valence-corrected chi connectivity index (χ2v) is 8.62. The Balaban J connectivity index is 0.00000320. The number of halogens is 3. The Morgan fingerprint density at radius 2 is 1.87 bits per heavy atom. The lowest BCUT2D eigenvalue weighted by molar-refractivity contribution is 0.102. The van der Waals surface area contributed by atoms with Gasteiger partial charge in [0.25, 0.3) is 5.91 Å². The number of hydrogen-bond donors (Lipinski definition) is 1. The maximum atomic E-state index is 13.4. The molecule has 1 amide bonds. The van der Waals surface area contributed by atoms with Gasteiger partial charge >= 0.3 is 0 Å². The third-order valence-corrected chi connectivity index (χ3v) is 6.38. The van der Waals surface area contributed by atoms with Crippen molar-refractivity contribution in [3.63, 3.8) is 0 Å². The molecule has 2 aromatic carbocycles. The number of amides is 1. The van der Waals surface area contributed by atoms with Crippen molar-refractivity contribution in [1.29, 1.82) is 0 Å². The highest BCUT2D eigenvalue weighted by molar-refractivity contribution is 7.91. The molecule has 0 spiro atoms. The van der Waals surface area contributed by atoms with E-state index >= 15 is 0 Å². The Bertz CT molecular complexity index is 1020. The summed E-state index contributed by atoms with van der Waals surface area (Å²) in [6.07, 6.45) is 0.629. The summed E-state index contributed by atoms with van der Waals surface area (Å²) in [6, 6.07) is 5.00. The summed E-state index contributed by atoms with van der Waals surface area (Å²) in [5.41, 5.74) is -0.480. The molecule has 0 radical (unpaired) electrons. The lowest BCUT2D eigenvalue weighted by Gasteiger charge is -2.13. The van der Waals surface area contributed by atoms with E-state index in [-0.39, 0.29) is 47.1 Å². The summed E-state index contributed by atoms with van der Waals surface area (Å²) in [4.78, 5) is 12.5. The number of sulfone groups is 1. The Labute approximate surface area is 178 Å². The molecule has 0 aromatic heterocycles. The zero-order valence-electron chi connectivity index (χ0n) is 15.9. The number of nitrogens with one attached hydrogen (secondary N) is 1. The van der Waals surface area contributed by atoms with E-state index in [0.29, 0.717) is 31.8 Å². The third kappa shape index (κ3) is 5.27. The van der Waals surface area contributed by atoms with Crippen LogP contribution in [0.5, 0.6) is 5.75 Å². The molecule has 30 heavy (non-hydrogen) atoms. The number of anilines is 1. The minimum atomic E-state index is -3.70. The molecule has 11 heteroatoms. The van der Waals surface area contributed by atoms with Crippen LogP contribution in [0.4, 0.5) is 18.9 Å². The number of rotatable bonds is 6. The maximum absolute atomic E-state index is 13.4. The number of carbonyl (C=O) groups excluding carboxylic acids is 1. The molecule has 1 fully saturated rings. The van der Waals surface area contributed by atoms with Crippen molar-refractivity contribution in [1.82, 2.24) is 0 Å². The van der Waals surface area contributed by atoms with Crippen molar-refractivity contribution < 1.29 is 35.9 Å². The van der Waals surface area contributed by atoms with Gasteiger partial charge in [0.15, 0.2) is 27.3 Å². The molecular weight excluding hydrogens is 443 g/mol. The summed E-state index contributed by atoms with van der Waals surface area (Å²) in [5, 5.41) is 2.21. The monoisotopic (exact) mass is 463 g/mol. The van der Waals surface area contributed by atoms with Crippen LogP contribution >= 0.6 is 13.5 Å². The molecule has 1 N–H and O–H groups in total. The number of methoxy groups -OCH3 is 1. The second-order valence-electron chi connectivity index (χ2n) is 6.58. The fourth-order valence-corrected chi connectivity index (χ4v) is 4.65. The van der Waals surface area contributed by atoms with Crippen LogP contribution in [0.2, 0.25) is 0 Å². The van der Waals surface area contributed by atoms with Crippen LogP contribution in [0.25, 0.3) is 0 Å². The minimum Gasteiger partial charge on any atom is -0.496 e. The maximum Gasteiger partial charge on any atom is 0.259 e. The van der Waals surface area contributed by atoms with Crippen molar-refractivity contribution in [2.75, 3.05) is 31.4 Å². The Hall–Kier alpha value is -2.24. The van der Waals surface area contributed by atoms with Crippen LogP contribution in [0.15, 0.2) is 35.2 Å². The summed E-state index contributed by atoms with van der Waals surface area (Å²) in [5.74, 6) is -5.67. The first-order chi connectivity index (χ1) is 13.7. The van der Waals surface area contributed by atoms with Crippen molar-refractivity contribution in [2.24, 2.45) is 5.92 Å². The van der Waals surface area contributed by atoms with Gasteiger partial charge in [-0.25, -0.2) is 21.6 Å². The zero-order valence-corrected chi connectivity index (χ0v) is 17.7. The Morgan fingerprint density at radius 3 is 2.43 bits per heavy atom. The van der Waals surface area contributed by atoms with Crippen molar-refractivity contribution in [3.05, 3.63) is 53.3 Å². The molecule has 2 aromatic rings. The van der Waals surface area contributed by atoms with Crippen molar-refractivity contribution in [3.8, 4) is 5.75 Å². The van der Waals surface area contributed by atoms with Gasteiger partial charge < -0.3 is 14.8 Å². The van der Waals surface area contributed by atoms with Gasteiger partial charge in [-0.2, -0.15) is 13.5 Å². The van der Waals surface area contributed by atoms with E-state index in [4.69, 9.17) is 9.47 Å². The first-order valence-corrected chi connectivity index (χ1v) is 10.3. The Morgan fingerprint density at radius 1 is 1.20 bits per heavy atom. The van der Waals surface area contributed by atoms with Crippen molar-refractivity contribution in [2.45, 2.75) is 11.3 Å². The van der Waals surface area contributed by atoms with Crippen LogP contribution in [-0.4, -0.2) is 40.4 Å². The predicted molar refractivity (Wildman–Crippen MR) is 109 cm³/mol. The van der Waals surface area contributed by atoms with Gasteiger partial charge in [-0.05, 0) is 30.5 Å². The van der Waals surface area contributed by atoms with E-state index < -0.39 is 33.2 Å². The van der Waals surface area contributed by atoms with Crippen LogP contribution in [0.3, 0.4) is 0 Å². The highest BCUT2D eigenvalue weighted by Gasteiger charge is 2.26. The molecule has 3 rings (SSSR count). The van der Waals surface area contributed by atoms with E-state index in [2.05, 4.69) is 5.32 Å². The number of carbonyl (C=O) groups is 1. The van der Waals surface area contributed by atoms with Crippen LogP contribution in [0.1, 0.15) is 16.8 Å². The second kappa shape index (κ2) is 9.71. The van der Waals surface area contributed by atoms with Gasteiger partial charge in [0, 0.05) is 24.4 Å². The number of benzene rings is 2. The molecule has 0 aliphatic carbocycles. The summed E-state index contributed by atoms with van der Waals surface area (Å²) in [6.45, 7) is 0.853. The summed E-state index contributed by atoms with van der Waals surface area (Å²) < 4.78 is 75.5. The average molecular weight is 463 g/mol. The fourth-order valence-electron chi connectivity index (χ4n) is 3.01. The van der Waals surface area contributed by atoms with E-state index in [1.807, 2.05) is 0 Å². The molecule has 0 bridgehead atoms. The van der Waals surface area contributed by atoms with Gasteiger partial charge in [0.1, 0.15) is 5.75 Å². The first kappa shape index (κ1) is 24.0. The van der Waals surface area contributed by atoms with Crippen LogP contribution in [0, 0.1) is 23.4 Å². The summed E-state index contributed by atoms with van der Waals surface area (Å²) in [7, 11) is -2.42. The SMILES string of the molecule is COc1ccc(S(=O)(=O)C[C@H]2CCOC2)cc1C(=O)Nc1cc(F)c(F)c(F)c1.S. The highest BCUT2D eigenvalue weighted by atomic mass is 32.2. The highest BCUT2D eigenvalue weighted by Crippen LogP contribution is 2.27. The molecule has 1 aliphatic rings. The largest absolute Gasteiger partial charge is 0.496 e. The molecule has 164 valence electrons. The van der Waals surface area contributed by atoms with Crippen LogP contribution in [-0.2, 0) is 14.6 Å². The molecule has 0 unspecified atom stereocenters. The smallest absolute Gasteiger partial charge is 0.259 e. The van der Waals surface area contributed by atoms with Crippen molar-refractivity contribution >= 4 is 34.9 Å². The molecule has 0 saturated carbocycles. The molecular formula is C19H20F3NO5S2. The molecule has 1 saturated heterocycles. The number of ether oxygens (including phenoxy) is 2. The lowest BCUT2D eigenvalue weighted by atomic mass is 10.1. The van der Waals surface area contributed by atoms with Gasteiger partial charge in [0.2, 0.25) is 0 Å². The molecule has 1 atom stereocenters. The lowest BCUT2D eigenvalue weighted by Crippen LogP contribution is -2.18. The molecule has 1 aliphatic heterocycles. The normalized spacial score (nSPS) is 16.1. The molecule has 6 nitrogen and oxygen atoms in total. The minimum absolute atomic E-state index is 0. The Kier molecular flexibility index (Phi) is 7.78. The van der Waals surface area contributed by atoms with Crippen LogP contribution < -0.4 is 10.1 Å². The van der Waals surface area contributed by atoms with E-state index in [0.717, 1.165) is 6.07 Å². The van der Waals surface area contributed by atoms with Gasteiger partial charge in [0.05, 0.1) is 29.9 Å². The van der Waals surface area contributed by atoms with E-state index in [1.165, 1.54) is 19.2 Å². The topological polar surface area (TPSA) is 81.7 Å².